The molecule has 0 fully saturated rings. The minimum Gasteiger partial charge on any atom is -0.381 e. The van der Waals surface area contributed by atoms with E-state index in [1.54, 1.807) is 6.26 Å². The summed E-state index contributed by atoms with van der Waals surface area (Å²) < 4.78 is 38.5. The topological polar surface area (TPSA) is 107 Å². The Balaban J connectivity index is 2.68. The van der Waals surface area contributed by atoms with Gasteiger partial charge in [0, 0.05) is 42.1 Å². The average Bonchev–Trinajstić information content (AvgIpc) is 2.66. The maximum Gasteiger partial charge on any atom is 0.245 e. The summed E-state index contributed by atoms with van der Waals surface area (Å²) in [6.45, 7) is 2.63. The molecule has 0 aliphatic rings. The van der Waals surface area contributed by atoms with Crippen molar-refractivity contribution in [2.24, 2.45) is 0 Å². The molecular formula is C9H18N4O3S2. The summed E-state index contributed by atoms with van der Waals surface area (Å²) in [5, 5.41) is 3.88. The zero-order valence-corrected chi connectivity index (χ0v) is 12.1. The lowest BCUT2D eigenvalue weighted by Crippen LogP contribution is -2.26. The molecule has 0 saturated heterocycles. The van der Waals surface area contributed by atoms with E-state index in [1.807, 2.05) is 6.92 Å². The first-order valence-corrected chi connectivity index (χ1v) is 8.70. The molecule has 1 atom stereocenters. The van der Waals surface area contributed by atoms with Gasteiger partial charge in [-0.25, -0.2) is 13.1 Å². The van der Waals surface area contributed by atoms with Gasteiger partial charge in [0.15, 0.2) is 5.82 Å². The van der Waals surface area contributed by atoms with E-state index in [9.17, 15) is 12.6 Å². The number of nitrogens with zero attached hydrogens (tertiary/aromatic N) is 2. The first-order valence-electron chi connectivity index (χ1n) is 5.49. The molecule has 0 amide bonds. The molecule has 3 N–H and O–H groups in total. The number of nitrogens with two attached hydrogens (primary N) is 1. The van der Waals surface area contributed by atoms with Crippen molar-refractivity contribution in [3.8, 4) is 0 Å². The van der Waals surface area contributed by atoms with E-state index in [1.165, 1.54) is 10.9 Å². The van der Waals surface area contributed by atoms with E-state index in [0.717, 1.165) is 0 Å². The number of aromatic nitrogens is 2. The highest BCUT2D eigenvalue weighted by Crippen LogP contribution is 2.15. The first-order chi connectivity index (χ1) is 8.36. The average molecular weight is 294 g/mol. The molecule has 1 rings (SSSR count). The highest BCUT2D eigenvalue weighted by atomic mass is 32.2. The van der Waals surface area contributed by atoms with Crippen molar-refractivity contribution in [2.75, 3.05) is 24.3 Å². The molecule has 1 heterocycles. The summed E-state index contributed by atoms with van der Waals surface area (Å²) in [5.41, 5.74) is 5.56. The number of aryl methyl sites for hydroxylation is 1. The zero-order valence-electron chi connectivity index (χ0n) is 10.4. The number of rotatable bonds is 7. The molecule has 0 radical (unpaired) electrons. The number of nitrogens with one attached hydrogen (secondary N) is 1. The van der Waals surface area contributed by atoms with Gasteiger partial charge < -0.3 is 5.73 Å². The van der Waals surface area contributed by atoms with Gasteiger partial charge in [-0.2, -0.15) is 5.10 Å². The molecule has 0 aromatic carbocycles. The Bertz CT molecular complexity index is 524. The van der Waals surface area contributed by atoms with E-state index in [2.05, 4.69) is 9.82 Å². The lowest BCUT2D eigenvalue weighted by Gasteiger charge is -2.04. The Hall–Kier alpha value is -0.930. The Labute approximate surface area is 109 Å². The molecule has 0 saturated carbocycles. The number of hydrogen-bond donors (Lipinski definition) is 2. The molecular weight excluding hydrogens is 276 g/mol. The molecule has 0 aliphatic carbocycles. The van der Waals surface area contributed by atoms with Crippen LogP contribution in [0, 0.1) is 0 Å². The maximum atomic E-state index is 11.9. The van der Waals surface area contributed by atoms with Crippen LogP contribution in [-0.4, -0.2) is 41.0 Å². The number of nitrogen functional groups attached to an aromatic ring is 1. The van der Waals surface area contributed by atoms with Crippen molar-refractivity contribution in [3.63, 3.8) is 0 Å². The second-order valence-electron chi connectivity index (χ2n) is 3.76. The van der Waals surface area contributed by atoms with E-state index in [-0.39, 0.29) is 17.3 Å². The van der Waals surface area contributed by atoms with Gasteiger partial charge in [-0.05, 0) is 13.3 Å². The summed E-state index contributed by atoms with van der Waals surface area (Å²) in [4.78, 5) is -0.0121. The van der Waals surface area contributed by atoms with Crippen LogP contribution in [0.2, 0.25) is 0 Å². The second kappa shape index (κ2) is 6.30. The van der Waals surface area contributed by atoms with Crippen LogP contribution in [0.4, 0.5) is 5.82 Å². The molecule has 9 heteroatoms. The summed E-state index contributed by atoms with van der Waals surface area (Å²) in [6.07, 6.45) is 3.50. The fraction of sp³-hybridized carbons (Fsp3) is 0.667. The molecule has 104 valence electrons. The van der Waals surface area contributed by atoms with Gasteiger partial charge in [-0.15, -0.1) is 0 Å². The lowest BCUT2D eigenvalue weighted by atomic mass is 10.5. The lowest BCUT2D eigenvalue weighted by molar-refractivity contribution is 0.580. The summed E-state index contributed by atoms with van der Waals surface area (Å²) >= 11 is 0. The summed E-state index contributed by atoms with van der Waals surface area (Å²) in [6, 6.07) is 0. The summed E-state index contributed by atoms with van der Waals surface area (Å²) in [7, 11) is -4.55. The predicted octanol–water partition coefficient (Wildman–Crippen LogP) is -0.468. The Morgan fingerprint density at radius 1 is 1.56 bits per heavy atom. The molecule has 1 aromatic rings. The van der Waals surface area contributed by atoms with Gasteiger partial charge >= 0.3 is 0 Å². The van der Waals surface area contributed by atoms with Gasteiger partial charge in [0.25, 0.3) is 0 Å². The van der Waals surface area contributed by atoms with Crippen LogP contribution in [0.25, 0.3) is 0 Å². The molecule has 1 aromatic heterocycles. The van der Waals surface area contributed by atoms with Crippen molar-refractivity contribution < 1.29 is 12.6 Å². The molecule has 0 spiro atoms. The molecule has 1 unspecified atom stereocenters. The third kappa shape index (κ3) is 4.07. The van der Waals surface area contributed by atoms with E-state index in [0.29, 0.717) is 18.7 Å². The van der Waals surface area contributed by atoms with Gasteiger partial charge in [0.2, 0.25) is 10.0 Å². The fourth-order valence-electron chi connectivity index (χ4n) is 1.35. The number of sulfonamides is 1. The second-order valence-corrected chi connectivity index (χ2v) is 7.05. The Morgan fingerprint density at radius 3 is 2.72 bits per heavy atom. The van der Waals surface area contributed by atoms with E-state index in [4.69, 9.17) is 5.73 Å². The van der Waals surface area contributed by atoms with E-state index < -0.39 is 20.8 Å². The van der Waals surface area contributed by atoms with Gasteiger partial charge in [0.1, 0.15) is 4.90 Å². The normalized spacial score (nSPS) is 13.7. The van der Waals surface area contributed by atoms with Crippen molar-refractivity contribution in [1.29, 1.82) is 0 Å². The van der Waals surface area contributed by atoms with Crippen molar-refractivity contribution >= 4 is 26.6 Å². The predicted molar refractivity (Wildman–Crippen MR) is 71.1 cm³/mol. The Morgan fingerprint density at radius 2 is 2.22 bits per heavy atom. The van der Waals surface area contributed by atoms with Gasteiger partial charge in [-0.3, -0.25) is 8.89 Å². The minimum atomic E-state index is -3.64. The van der Waals surface area contributed by atoms with Crippen LogP contribution in [0.3, 0.4) is 0 Å². The molecule has 18 heavy (non-hydrogen) atoms. The third-order valence-corrected chi connectivity index (χ3v) is 4.61. The standard InChI is InChI=1S/C9H18N4O3S2/c1-3-13-7-8(9(10)12-13)18(15,16)11-5-4-6-17(2)14/h7,11H,3-6H2,1-2H3,(H2,10,12). The Kier molecular flexibility index (Phi) is 5.29. The largest absolute Gasteiger partial charge is 0.381 e. The number of anilines is 1. The SMILES string of the molecule is CCn1cc(S(=O)(=O)NCCCS(C)=O)c(N)n1. The minimum absolute atomic E-state index is 0.0107. The molecule has 0 bridgehead atoms. The highest BCUT2D eigenvalue weighted by Gasteiger charge is 2.20. The smallest absolute Gasteiger partial charge is 0.245 e. The van der Waals surface area contributed by atoms with Crippen molar-refractivity contribution in [3.05, 3.63) is 6.20 Å². The molecule has 7 nitrogen and oxygen atoms in total. The van der Waals surface area contributed by atoms with Crippen LogP contribution in [0.1, 0.15) is 13.3 Å². The highest BCUT2D eigenvalue weighted by molar-refractivity contribution is 7.89. The van der Waals surface area contributed by atoms with Crippen LogP contribution in [0.5, 0.6) is 0 Å². The van der Waals surface area contributed by atoms with Crippen LogP contribution in [-0.2, 0) is 27.4 Å². The summed E-state index contributed by atoms with van der Waals surface area (Å²) in [5.74, 6) is 0.454. The van der Waals surface area contributed by atoms with Crippen LogP contribution < -0.4 is 10.5 Å². The van der Waals surface area contributed by atoms with Crippen LogP contribution >= 0.6 is 0 Å². The quantitative estimate of drug-likeness (QED) is 0.661. The fourth-order valence-corrected chi connectivity index (χ4v) is 3.04. The van der Waals surface area contributed by atoms with Crippen molar-refractivity contribution in [2.45, 2.75) is 24.8 Å². The van der Waals surface area contributed by atoms with Crippen LogP contribution in [0.15, 0.2) is 11.1 Å². The first kappa shape index (κ1) is 15.1. The molecule has 0 aliphatic heterocycles. The van der Waals surface area contributed by atoms with Gasteiger partial charge in [-0.1, -0.05) is 0 Å². The number of hydrogen-bond acceptors (Lipinski definition) is 5. The monoisotopic (exact) mass is 294 g/mol. The van der Waals surface area contributed by atoms with Gasteiger partial charge in [0.05, 0.1) is 0 Å². The van der Waals surface area contributed by atoms with Crippen molar-refractivity contribution in [1.82, 2.24) is 14.5 Å². The third-order valence-electron chi connectivity index (χ3n) is 2.27. The van der Waals surface area contributed by atoms with E-state index >= 15 is 0 Å². The zero-order chi connectivity index (χ0) is 13.8. The maximum absolute atomic E-state index is 11.9.